The summed E-state index contributed by atoms with van der Waals surface area (Å²) in [6.45, 7) is 2.44. The number of halogens is 2. The summed E-state index contributed by atoms with van der Waals surface area (Å²) in [7, 11) is 1.48. The Morgan fingerprint density at radius 1 is 1.42 bits per heavy atom. The third-order valence-corrected chi connectivity index (χ3v) is 2.95. The van der Waals surface area contributed by atoms with E-state index >= 15 is 0 Å². The number of hydrogen-bond acceptors (Lipinski definition) is 3. The van der Waals surface area contributed by atoms with Crippen LogP contribution in [-0.2, 0) is 6.54 Å². The lowest BCUT2D eigenvalue weighted by Gasteiger charge is -2.16. The van der Waals surface area contributed by atoms with Crippen LogP contribution in [0.1, 0.15) is 24.2 Å². The summed E-state index contributed by atoms with van der Waals surface area (Å²) in [5.74, 6) is -0.633. The molecule has 1 atom stereocenters. The van der Waals surface area contributed by atoms with Crippen LogP contribution in [0.3, 0.4) is 0 Å². The molecule has 0 fully saturated rings. The topological polar surface area (TPSA) is 53.1 Å². The van der Waals surface area contributed by atoms with E-state index in [-0.39, 0.29) is 5.56 Å². The van der Waals surface area contributed by atoms with Gasteiger partial charge in [0.1, 0.15) is 17.3 Å². The molecular weight excluding hydrogens is 252 g/mol. The molecule has 0 bridgehead atoms. The van der Waals surface area contributed by atoms with E-state index in [1.165, 1.54) is 13.3 Å². The Labute approximate surface area is 109 Å². The Morgan fingerprint density at radius 2 is 2.16 bits per heavy atom. The molecule has 0 aliphatic heterocycles. The normalized spacial score (nSPS) is 12.5. The number of aromatic nitrogens is 2. The molecule has 102 valence electrons. The number of rotatable bonds is 4. The van der Waals surface area contributed by atoms with Crippen LogP contribution in [0, 0.1) is 11.6 Å². The Kier molecular flexibility index (Phi) is 3.80. The quantitative estimate of drug-likeness (QED) is 0.924. The van der Waals surface area contributed by atoms with Crippen LogP contribution >= 0.6 is 0 Å². The van der Waals surface area contributed by atoms with Gasteiger partial charge in [-0.3, -0.25) is 4.68 Å². The van der Waals surface area contributed by atoms with Crippen molar-refractivity contribution in [2.75, 3.05) is 7.11 Å². The van der Waals surface area contributed by atoms with Crippen molar-refractivity contribution in [1.29, 1.82) is 0 Å². The molecule has 1 heterocycles. The van der Waals surface area contributed by atoms with Gasteiger partial charge in [-0.2, -0.15) is 5.10 Å². The van der Waals surface area contributed by atoms with Crippen LogP contribution in [-0.4, -0.2) is 16.9 Å². The molecule has 2 N–H and O–H groups in total. The van der Waals surface area contributed by atoms with Crippen molar-refractivity contribution in [2.45, 2.75) is 19.5 Å². The summed E-state index contributed by atoms with van der Waals surface area (Å²) in [4.78, 5) is 0. The Hall–Kier alpha value is -1.95. The molecule has 0 aliphatic carbocycles. The molecule has 2 rings (SSSR count). The first-order chi connectivity index (χ1) is 9.08. The highest BCUT2D eigenvalue weighted by Gasteiger charge is 2.22. The number of hydrogen-bond donors (Lipinski definition) is 1. The second kappa shape index (κ2) is 5.36. The Bertz CT molecular complexity index is 562. The van der Waals surface area contributed by atoms with Crippen molar-refractivity contribution in [3.63, 3.8) is 0 Å². The van der Waals surface area contributed by atoms with Crippen LogP contribution in [0.15, 0.2) is 24.4 Å². The van der Waals surface area contributed by atoms with E-state index in [0.29, 0.717) is 18.0 Å². The molecule has 0 saturated carbocycles. The Morgan fingerprint density at radius 3 is 2.79 bits per heavy atom. The first-order valence-corrected chi connectivity index (χ1v) is 5.88. The molecule has 1 aromatic heterocycles. The number of nitrogens with zero attached hydrogens (tertiary/aromatic N) is 2. The number of methoxy groups -OCH3 is 1. The van der Waals surface area contributed by atoms with Gasteiger partial charge in [-0.1, -0.05) is 0 Å². The molecule has 0 spiro atoms. The maximum atomic E-state index is 13.8. The first kappa shape index (κ1) is 13.5. The standard InChI is InChI=1S/C13H15F2N3O/c1-3-18-13(11(19-2)7-17-18)12(16)9-6-8(14)4-5-10(9)15/h4-7,12H,3,16H2,1-2H3. The predicted octanol–water partition coefficient (Wildman–Crippen LogP) is 2.24. The summed E-state index contributed by atoms with van der Waals surface area (Å²) in [6, 6.07) is 2.36. The van der Waals surface area contributed by atoms with Gasteiger partial charge in [0.2, 0.25) is 0 Å². The molecule has 1 unspecified atom stereocenters. The number of benzene rings is 1. The van der Waals surface area contributed by atoms with Gasteiger partial charge in [0.05, 0.1) is 19.3 Å². The van der Waals surface area contributed by atoms with Gasteiger partial charge in [-0.15, -0.1) is 0 Å². The lowest BCUT2D eigenvalue weighted by molar-refractivity contribution is 0.404. The van der Waals surface area contributed by atoms with Gasteiger partial charge >= 0.3 is 0 Å². The summed E-state index contributed by atoms with van der Waals surface area (Å²) in [6.07, 6.45) is 1.51. The second-order valence-corrected chi connectivity index (χ2v) is 4.06. The van der Waals surface area contributed by atoms with Crippen molar-refractivity contribution >= 4 is 0 Å². The lowest BCUT2D eigenvalue weighted by atomic mass is 10.0. The highest BCUT2D eigenvalue weighted by molar-refractivity contribution is 5.36. The molecule has 0 aliphatic rings. The maximum absolute atomic E-state index is 13.8. The largest absolute Gasteiger partial charge is 0.493 e. The summed E-state index contributed by atoms with van der Waals surface area (Å²) >= 11 is 0. The van der Waals surface area contributed by atoms with Crippen LogP contribution in [0.5, 0.6) is 5.75 Å². The minimum atomic E-state index is -0.840. The van der Waals surface area contributed by atoms with Crippen LogP contribution in [0.4, 0.5) is 8.78 Å². The molecule has 1 aromatic carbocycles. The van der Waals surface area contributed by atoms with E-state index in [1.807, 2.05) is 6.92 Å². The fraction of sp³-hybridized carbons (Fsp3) is 0.308. The number of ether oxygens (including phenoxy) is 1. The molecule has 4 nitrogen and oxygen atoms in total. The lowest BCUT2D eigenvalue weighted by Crippen LogP contribution is -2.19. The minimum absolute atomic E-state index is 0.0773. The zero-order chi connectivity index (χ0) is 14.0. The summed E-state index contributed by atoms with van der Waals surface area (Å²) in [5, 5.41) is 4.10. The van der Waals surface area contributed by atoms with Crippen molar-refractivity contribution in [3.05, 3.63) is 47.3 Å². The molecule has 6 heteroatoms. The van der Waals surface area contributed by atoms with Gasteiger partial charge < -0.3 is 10.5 Å². The molecule has 2 aromatic rings. The monoisotopic (exact) mass is 267 g/mol. The van der Waals surface area contributed by atoms with Gasteiger partial charge in [0.25, 0.3) is 0 Å². The van der Waals surface area contributed by atoms with Crippen molar-refractivity contribution in [3.8, 4) is 5.75 Å². The van der Waals surface area contributed by atoms with Crippen LogP contribution in [0.2, 0.25) is 0 Å². The van der Waals surface area contributed by atoms with E-state index in [2.05, 4.69) is 5.10 Å². The predicted molar refractivity (Wildman–Crippen MR) is 66.8 cm³/mol. The molecule has 0 saturated heterocycles. The van der Waals surface area contributed by atoms with E-state index in [4.69, 9.17) is 10.5 Å². The second-order valence-electron chi connectivity index (χ2n) is 4.06. The summed E-state index contributed by atoms with van der Waals surface area (Å²) in [5.41, 5.74) is 6.64. The van der Waals surface area contributed by atoms with E-state index in [1.54, 1.807) is 4.68 Å². The fourth-order valence-electron chi connectivity index (χ4n) is 2.00. The third kappa shape index (κ3) is 2.44. The van der Waals surface area contributed by atoms with Crippen LogP contribution < -0.4 is 10.5 Å². The third-order valence-electron chi connectivity index (χ3n) is 2.95. The van der Waals surface area contributed by atoms with Gasteiger partial charge in [-0.05, 0) is 25.1 Å². The number of nitrogens with two attached hydrogens (primary N) is 1. The van der Waals surface area contributed by atoms with Crippen molar-refractivity contribution in [2.24, 2.45) is 5.73 Å². The number of aryl methyl sites for hydroxylation is 1. The van der Waals surface area contributed by atoms with Gasteiger partial charge in [-0.25, -0.2) is 8.78 Å². The van der Waals surface area contributed by atoms with Gasteiger partial charge in [0.15, 0.2) is 5.75 Å². The van der Waals surface area contributed by atoms with Crippen LogP contribution in [0.25, 0.3) is 0 Å². The first-order valence-electron chi connectivity index (χ1n) is 5.88. The molecule has 0 radical (unpaired) electrons. The molecule has 0 amide bonds. The summed E-state index contributed by atoms with van der Waals surface area (Å²) < 4.78 is 33.8. The molecular formula is C13H15F2N3O. The fourth-order valence-corrected chi connectivity index (χ4v) is 2.00. The smallest absolute Gasteiger partial charge is 0.161 e. The zero-order valence-corrected chi connectivity index (χ0v) is 10.7. The average molecular weight is 267 g/mol. The Balaban J connectivity index is 2.51. The van der Waals surface area contributed by atoms with Crippen molar-refractivity contribution in [1.82, 2.24) is 9.78 Å². The highest BCUT2D eigenvalue weighted by Crippen LogP contribution is 2.29. The van der Waals surface area contributed by atoms with E-state index < -0.39 is 17.7 Å². The highest BCUT2D eigenvalue weighted by atomic mass is 19.1. The SMILES string of the molecule is CCn1ncc(OC)c1C(N)c1cc(F)ccc1F. The minimum Gasteiger partial charge on any atom is -0.493 e. The van der Waals surface area contributed by atoms with E-state index in [0.717, 1.165) is 18.2 Å². The van der Waals surface area contributed by atoms with E-state index in [9.17, 15) is 8.78 Å². The zero-order valence-electron chi connectivity index (χ0n) is 10.7. The molecule has 19 heavy (non-hydrogen) atoms. The average Bonchev–Trinajstić information content (AvgIpc) is 2.83. The maximum Gasteiger partial charge on any atom is 0.161 e. The van der Waals surface area contributed by atoms with Crippen molar-refractivity contribution < 1.29 is 13.5 Å². The van der Waals surface area contributed by atoms with Gasteiger partial charge in [0, 0.05) is 12.1 Å².